The van der Waals surface area contributed by atoms with Gasteiger partial charge in [-0.25, -0.2) is 0 Å². The largest absolute Gasteiger partial charge is 0.347 e. The molecule has 2 amide bonds. The first-order valence-electron chi connectivity index (χ1n) is 5.07. The molecule has 0 unspecified atom stereocenters. The van der Waals surface area contributed by atoms with Crippen molar-refractivity contribution in [1.29, 1.82) is 0 Å². The first-order valence-corrected chi connectivity index (χ1v) is 5.07. The van der Waals surface area contributed by atoms with Gasteiger partial charge in [-0.15, -0.1) is 12.4 Å². The van der Waals surface area contributed by atoms with Crippen LogP contribution in [-0.4, -0.2) is 62.9 Å². The van der Waals surface area contributed by atoms with Crippen LogP contribution in [0.25, 0.3) is 0 Å². The molecule has 0 rings (SSSR count). The van der Waals surface area contributed by atoms with Crippen molar-refractivity contribution in [1.82, 2.24) is 15.1 Å². The zero-order valence-corrected chi connectivity index (χ0v) is 11.3. The minimum atomic E-state index is -0.0560. The average Bonchev–Trinajstić information content (AvgIpc) is 2.17. The first-order chi connectivity index (χ1) is 6.99. The molecular formula is C10H22ClN3O2. The van der Waals surface area contributed by atoms with Crippen LogP contribution in [0.5, 0.6) is 0 Å². The van der Waals surface area contributed by atoms with Crippen LogP contribution < -0.4 is 5.32 Å². The van der Waals surface area contributed by atoms with Gasteiger partial charge in [0.05, 0.1) is 6.54 Å². The van der Waals surface area contributed by atoms with Crippen molar-refractivity contribution in [3.63, 3.8) is 0 Å². The number of hydrogen-bond acceptors (Lipinski definition) is 3. The molecule has 96 valence electrons. The van der Waals surface area contributed by atoms with E-state index in [4.69, 9.17) is 0 Å². The number of nitrogens with zero attached hydrogens (tertiary/aromatic N) is 2. The van der Waals surface area contributed by atoms with Gasteiger partial charge in [-0.1, -0.05) is 0 Å². The van der Waals surface area contributed by atoms with E-state index in [0.717, 1.165) is 13.0 Å². The number of halogens is 1. The number of likely N-dealkylation sites (N-methyl/N-ethyl adjacent to an activating group) is 2. The van der Waals surface area contributed by atoms with Crippen LogP contribution in [-0.2, 0) is 9.59 Å². The lowest BCUT2D eigenvalue weighted by atomic mass is 10.3. The fourth-order valence-electron chi connectivity index (χ4n) is 1.04. The fourth-order valence-corrected chi connectivity index (χ4v) is 1.04. The van der Waals surface area contributed by atoms with Crippen molar-refractivity contribution in [2.75, 3.05) is 41.3 Å². The molecule has 0 spiro atoms. The summed E-state index contributed by atoms with van der Waals surface area (Å²) in [6.07, 6.45) is 1.29. The standard InChI is InChI=1S/C10H21N3O2.ClH/c1-11-7-5-6-9(14)13(4)8-10(15)12(2)3;/h11H,5-8H2,1-4H3;1H. The summed E-state index contributed by atoms with van der Waals surface area (Å²) in [7, 11) is 6.87. The number of amides is 2. The Morgan fingerprint density at radius 2 is 1.69 bits per heavy atom. The highest BCUT2D eigenvalue weighted by Gasteiger charge is 2.13. The normalized spacial score (nSPS) is 9.25. The van der Waals surface area contributed by atoms with Crippen molar-refractivity contribution in [2.45, 2.75) is 12.8 Å². The lowest BCUT2D eigenvalue weighted by molar-refractivity contribution is -0.138. The molecule has 0 aliphatic rings. The monoisotopic (exact) mass is 251 g/mol. The van der Waals surface area contributed by atoms with Crippen LogP contribution >= 0.6 is 12.4 Å². The minimum Gasteiger partial charge on any atom is -0.347 e. The van der Waals surface area contributed by atoms with E-state index in [1.165, 1.54) is 9.80 Å². The molecule has 0 aromatic heterocycles. The molecule has 0 saturated carbocycles. The molecule has 5 nitrogen and oxygen atoms in total. The summed E-state index contributed by atoms with van der Waals surface area (Å²) >= 11 is 0. The maximum atomic E-state index is 11.5. The Morgan fingerprint density at radius 3 is 2.12 bits per heavy atom. The molecule has 0 saturated heterocycles. The summed E-state index contributed by atoms with van der Waals surface area (Å²) in [5.41, 5.74) is 0. The van der Waals surface area contributed by atoms with Crippen LogP contribution in [0.4, 0.5) is 0 Å². The van der Waals surface area contributed by atoms with Gasteiger partial charge in [-0.2, -0.15) is 0 Å². The topological polar surface area (TPSA) is 52.7 Å². The first kappa shape index (κ1) is 17.6. The molecule has 1 N–H and O–H groups in total. The van der Waals surface area contributed by atoms with E-state index in [1.54, 1.807) is 21.1 Å². The van der Waals surface area contributed by atoms with Gasteiger partial charge in [0, 0.05) is 27.6 Å². The number of rotatable bonds is 6. The second-order valence-electron chi connectivity index (χ2n) is 3.75. The third kappa shape index (κ3) is 7.48. The van der Waals surface area contributed by atoms with E-state index < -0.39 is 0 Å². The third-order valence-electron chi connectivity index (χ3n) is 2.11. The quantitative estimate of drug-likeness (QED) is 0.674. The van der Waals surface area contributed by atoms with Gasteiger partial charge in [0.25, 0.3) is 0 Å². The van der Waals surface area contributed by atoms with Crippen LogP contribution in [0.3, 0.4) is 0 Å². The Bertz CT molecular complexity index is 222. The van der Waals surface area contributed by atoms with Crippen LogP contribution in [0.1, 0.15) is 12.8 Å². The van der Waals surface area contributed by atoms with Crippen molar-refractivity contribution < 1.29 is 9.59 Å². The molecule has 0 radical (unpaired) electrons. The maximum absolute atomic E-state index is 11.5. The molecule has 6 heteroatoms. The van der Waals surface area contributed by atoms with Crippen molar-refractivity contribution in [3.8, 4) is 0 Å². The van der Waals surface area contributed by atoms with E-state index in [1.807, 2.05) is 7.05 Å². The summed E-state index contributed by atoms with van der Waals surface area (Å²) < 4.78 is 0. The van der Waals surface area contributed by atoms with Crippen molar-refractivity contribution >= 4 is 24.2 Å². The molecule has 0 aromatic carbocycles. The number of carbonyl (C=O) groups is 2. The minimum absolute atomic E-state index is 0. The summed E-state index contributed by atoms with van der Waals surface area (Å²) in [5.74, 6) is -0.0417. The highest BCUT2D eigenvalue weighted by Crippen LogP contribution is 1.95. The molecule has 0 aromatic rings. The van der Waals surface area contributed by atoms with Gasteiger partial charge in [-0.05, 0) is 20.0 Å². The predicted molar refractivity (Wildman–Crippen MR) is 66.7 cm³/mol. The molecule has 0 bridgehead atoms. The highest BCUT2D eigenvalue weighted by atomic mass is 35.5. The second-order valence-corrected chi connectivity index (χ2v) is 3.75. The van der Waals surface area contributed by atoms with Gasteiger partial charge in [0.1, 0.15) is 0 Å². The zero-order valence-electron chi connectivity index (χ0n) is 10.4. The Kier molecular flexibility index (Phi) is 10.3. The highest BCUT2D eigenvalue weighted by molar-refractivity contribution is 5.85. The molecule has 0 aliphatic carbocycles. The second kappa shape index (κ2) is 9.42. The summed E-state index contributed by atoms with van der Waals surface area (Å²) in [4.78, 5) is 25.8. The van der Waals surface area contributed by atoms with E-state index in [0.29, 0.717) is 6.42 Å². The lowest BCUT2D eigenvalue weighted by Gasteiger charge is -2.19. The summed E-state index contributed by atoms with van der Waals surface area (Å²) in [6, 6.07) is 0. The third-order valence-corrected chi connectivity index (χ3v) is 2.11. The van der Waals surface area contributed by atoms with Gasteiger partial charge in [-0.3, -0.25) is 9.59 Å². The van der Waals surface area contributed by atoms with Crippen molar-refractivity contribution in [2.24, 2.45) is 0 Å². The van der Waals surface area contributed by atoms with Crippen LogP contribution in [0.15, 0.2) is 0 Å². The molecule has 16 heavy (non-hydrogen) atoms. The number of hydrogen-bond donors (Lipinski definition) is 1. The maximum Gasteiger partial charge on any atom is 0.241 e. The zero-order chi connectivity index (χ0) is 11.8. The Labute approximate surface area is 104 Å². The fraction of sp³-hybridized carbons (Fsp3) is 0.800. The van der Waals surface area contributed by atoms with Gasteiger partial charge < -0.3 is 15.1 Å². The number of carbonyl (C=O) groups excluding carboxylic acids is 2. The molecule has 0 heterocycles. The van der Waals surface area contributed by atoms with Gasteiger partial charge in [0.15, 0.2) is 0 Å². The smallest absolute Gasteiger partial charge is 0.241 e. The Balaban J connectivity index is 0. The summed E-state index contributed by atoms with van der Waals surface area (Å²) in [5, 5.41) is 2.98. The SMILES string of the molecule is CNCCCC(=O)N(C)CC(=O)N(C)C.Cl. The Morgan fingerprint density at radius 1 is 1.12 bits per heavy atom. The molecule has 0 atom stereocenters. The number of nitrogens with one attached hydrogen (secondary N) is 1. The predicted octanol–water partition coefficient (Wildman–Crippen LogP) is -0.0456. The Hall–Kier alpha value is -0.810. The van der Waals surface area contributed by atoms with Crippen LogP contribution in [0, 0.1) is 0 Å². The van der Waals surface area contributed by atoms with E-state index in [9.17, 15) is 9.59 Å². The lowest BCUT2D eigenvalue weighted by Crippen LogP contribution is -2.37. The van der Waals surface area contributed by atoms with Gasteiger partial charge in [0.2, 0.25) is 11.8 Å². The summed E-state index contributed by atoms with van der Waals surface area (Å²) in [6.45, 7) is 0.979. The molecular weight excluding hydrogens is 230 g/mol. The average molecular weight is 252 g/mol. The van der Waals surface area contributed by atoms with Crippen LogP contribution in [0.2, 0.25) is 0 Å². The van der Waals surface area contributed by atoms with Gasteiger partial charge >= 0.3 is 0 Å². The van der Waals surface area contributed by atoms with Crippen molar-refractivity contribution in [3.05, 3.63) is 0 Å². The molecule has 0 fully saturated rings. The molecule has 0 aliphatic heterocycles. The van der Waals surface area contributed by atoms with E-state index in [2.05, 4.69) is 5.32 Å². The van der Waals surface area contributed by atoms with E-state index in [-0.39, 0.29) is 30.8 Å². The van der Waals surface area contributed by atoms with E-state index >= 15 is 0 Å².